The van der Waals surface area contributed by atoms with Gasteiger partial charge in [-0.25, -0.2) is 0 Å². The SMILES string of the molecule is COc1ccc(CCNC(=S)NNC(=O)CSCc2ccccc2)cc1OC. The van der Waals surface area contributed by atoms with Crippen LogP contribution in [-0.2, 0) is 17.0 Å². The molecule has 0 aliphatic carbocycles. The molecule has 0 atom stereocenters. The zero-order valence-electron chi connectivity index (χ0n) is 16.0. The van der Waals surface area contributed by atoms with E-state index in [1.165, 1.54) is 5.56 Å². The summed E-state index contributed by atoms with van der Waals surface area (Å²) >= 11 is 6.73. The van der Waals surface area contributed by atoms with Gasteiger partial charge in [0, 0.05) is 12.3 Å². The summed E-state index contributed by atoms with van der Waals surface area (Å²) in [6.07, 6.45) is 0.753. The van der Waals surface area contributed by atoms with E-state index >= 15 is 0 Å². The minimum atomic E-state index is -0.120. The van der Waals surface area contributed by atoms with Crippen LogP contribution >= 0.6 is 24.0 Å². The highest BCUT2D eigenvalue weighted by Crippen LogP contribution is 2.27. The Hall–Kier alpha value is -2.45. The van der Waals surface area contributed by atoms with Crippen molar-refractivity contribution < 1.29 is 14.3 Å². The van der Waals surface area contributed by atoms with E-state index in [-0.39, 0.29) is 5.91 Å². The average molecular weight is 420 g/mol. The fourth-order valence-electron chi connectivity index (χ4n) is 2.40. The lowest BCUT2D eigenvalue weighted by Gasteiger charge is -2.12. The molecule has 0 saturated carbocycles. The number of thioether (sulfide) groups is 1. The first kappa shape index (κ1) is 21.8. The van der Waals surface area contributed by atoms with Crippen molar-refractivity contribution in [2.24, 2.45) is 0 Å². The minimum absolute atomic E-state index is 0.120. The van der Waals surface area contributed by atoms with Gasteiger partial charge in [0.25, 0.3) is 0 Å². The maximum atomic E-state index is 11.9. The van der Waals surface area contributed by atoms with Crippen LogP contribution < -0.4 is 25.6 Å². The molecule has 0 radical (unpaired) electrons. The number of ether oxygens (including phenoxy) is 2. The first-order valence-electron chi connectivity index (χ1n) is 8.77. The standard InChI is InChI=1S/C20H25N3O3S2/c1-25-17-9-8-15(12-18(17)26-2)10-11-21-20(27)23-22-19(24)14-28-13-16-6-4-3-5-7-16/h3-9,12H,10-11,13-14H2,1-2H3,(H,22,24)(H2,21,23,27). The number of amides is 1. The molecule has 0 bridgehead atoms. The molecule has 2 aromatic carbocycles. The summed E-state index contributed by atoms with van der Waals surface area (Å²) in [5.41, 5.74) is 7.61. The quantitative estimate of drug-likeness (QED) is 0.426. The van der Waals surface area contributed by atoms with Crippen molar-refractivity contribution in [3.63, 3.8) is 0 Å². The highest BCUT2D eigenvalue weighted by atomic mass is 32.2. The Balaban J connectivity index is 1.61. The Morgan fingerprint density at radius 1 is 1.00 bits per heavy atom. The van der Waals surface area contributed by atoms with Crippen LogP contribution in [0.15, 0.2) is 48.5 Å². The number of benzene rings is 2. The van der Waals surface area contributed by atoms with E-state index in [0.717, 1.165) is 17.7 Å². The Bertz CT molecular complexity index is 773. The number of nitrogens with one attached hydrogen (secondary N) is 3. The van der Waals surface area contributed by atoms with Crippen molar-refractivity contribution in [1.82, 2.24) is 16.2 Å². The van der Waals surface area contributed by atoms with E-state index in [9.17, 15) is 4.79 Å². The lowest BCUT2D eigenvalue weighted by atomic mass is 10.1. The topological polar surface area (TPSA) is 71.6 Å². The molecule has 0 aromatic heterocycles. The van der Waals surface area contributed by atoms with Gasteiger partial charge in [0.1, 0.15) is 0 Å². The lowest BCUT2D eigenvalue weighted by molar-refractivity contribution is -0.119. The second kappa shape index (κ2) is 12.1. The predicted octanol–water partition coefficient (Wildman–Crippen LogP) is 2.68. The van der Waals surface area contributed by atoms with Gasteiger partial charge in [-0.15, -0.1) is 11.8 Å². The van der Waals surface area contributed by atoms with Crippen molar-refractivity contribution in [1.29, 1.82) is 0 Å². The van der Waals surface area contributed by atoms with Crippen LogP contribution in [0.1, 0.15) is 11.1 Å². The van der Waals surface area contributed by atoms with E-state index in [2.05, 4.69) is 16.2 Å². The van der Waals surface area contributed by atoms with E-state index in [1.54, 1.807) is 26.0 Å². The zero-order valence-corrected chi connectivity index (χ0v) is 17.6. The number of carbonyl (C=O) groups is 1. The largest absolute Gasteiger partial charge is 0.493 e. The Labute approximate surface area is 175 Å². The van der Waals surface area contributed by atoms with Crippen LogP contribution in [0.5, 0.6) is 11.5 Å². The van der Waals surface area contributed by atoms with E-state index in [0.29, 0.717) is 28.9 Å². The molecule has 2 aromatic rings. The molecule has 1 amide bonds. The summed E-state index contributed by atoms with van der Waals surface area (Å²) in [5.74, 6) is 2.42. The molecule has 8 heteroatoms. The molecule has 0 heterocycles. The second-order valence-electron chi connectivity index (χ2n) is 5.85. The average Bonchev–Trinajstić information content (AvgIpc) is 2.73. The molecule has 28 heavy (non-hydrogen) atoms. The number of thiocarbonyl (C=S) groups is 1. The summed E-state index contributed by atoms with van der Waals surface area (Å²) in [6.45, 7) is 0.625. The molecule has 0 saturated heterocycles. The lowest BCUT2D eigenvalue weighted by Crippen LogP contribution is -2.47. The maximum absolute atomic E-state index is 11.9. The van der Waals surface area contributed by atoms with Crippen LogP contribution in [0.4, 0.5) is 0 Å². The third kappa shape index (κ3) is 7.66. The summed E-state index contributed by atoms with van der Waals surface area (Å²) < 4.78 is 10.5. The Morgan fingerprint density at radius 2 is 1.75 bits per heavy atom. The number of hydrogen-bond acceptors (Lipinski definition) is 5. The molecule has 0 fully saturated rings. The number of carbonyl (C=O) groups excluding carboxylic acids is 1. The third-order valence-corrected chi connectivity index (χ3v) is 5.06. The van der Waals surface area contributed by atoms with Crippen LogP contribution in [0.3, 0.4) is 0 Å². The Morgan fingerprint density at radius 3 is 2.46 bits per heavy atom. The zero-order chi connectivity index (χ0) is 20.2. The van der Waals surface area contributed by atoms with Crippen molar-refractivity contribution in [3.8, 4) is 11.5 Å². The normalized spacial score (nSPS) is 10.1. The number of hydrazine groups is 1. The predicted molar refractivity (Wildman–Crippen MR) is 118 cm³/mol. The molecule has 6 nitrogen and oxygen atoms in total. The van der Waals surface area contributed by atoms with Gasteiger partial charge in [0.15, 0.2) is 16.6 Å². The molecule has 150 valence electrons. The third-order valence-electron chi connectivity index (χ3n) is 3.81. The highest BCUT2D eigenvalue weighted by Gasteiger charge is 2.05. The molecular weight excluding hydrogens is 394 g/mol. The Kier molecular flexibility index (Phi) is 9.44. The van der Waals surface area contributed by atoms with E-state index in [4.69, 9.17) is 21.7 Å². The van der Waals surface area contributed by atoms with Crippen LogP contribution in [0, 0.1) is 0 Å². The number of methoxy groups -OCH3 is 2. The summed E-state index contributed by atoms with van der Waals surface area (Å²) in [5, 5.41) is 3.44. The van der Waals surface area contributed by atoms with Crippen molar-refractivity contribution in [2.75, 3.05) is 26.5 Å². The van der Waals surface area contributed by atoms with Crippen LogP contribution in [-0.4, -0.2) is 37.5 Å². The number of rotatable bonds is 9. The molecular formula is C20H25N3O3S2. The number of hydrogen-bond donors (Lipinski definition) is 3. The van der Waals surface area contributed by atoms with Gasteiger partial charge in [-0.1, -0.05) is 36.4 Å². The summed E-state index contributed by atoms with van der Waals surface area (Å²) in [4.78, 5) is 11.9. The minimum Gasteiger partial charge on any atom is -0.493 e. The van der Waals surface area contributed by atoms with Crippen molar-refractivity contribution in [2.45, 2.75) is 12.2 Å². The van der Waals surface area contributed by atoms with Gasteiger partial charge < -0.3 is 14.8 Å². The van der Waals surface area contributed by atoms with Gasteiger partial charge >= 0.3 is 0 Å². The van der Waals surface area contributed by atoms with Gasteiger partial charge in [-0.3, -0.25) is 15.6 Å². The summed E-state index contributed by atoms with van der Waals surface area (Å²) in [6, 6.07) is 15.8. The molecule has 2 rings (SSSR count). The van der Waals surface area contributed by atoms with Gasteiger partial charge in [-0.05, 0) is 41.9 Å². The smallest absolute Gasteiger partial charge is 0.248 e. The fraction of sp³-hybridized carbons (Fsp3) is 0.300. The maximum Gasteiger partial charge on any atom is 0.248 e. The molecule has 3 N–H and O–H groups in total. The van der Waals surface area contributed by atoms with Crippen LogP contribution in [0.2, 0.25) is 0 Å². The van der Waals surface area contributed by atoms with Gasteiger partial charge in [-0.2, -0.15) is 0 Å². The van der Waals surface area contributed by atoms with E-state index < -0.39 is 0 Å². The first-order valence-corrected chi connectivity index (χ1v) is 10.3. The van der Waals surface area contributed by atoms with Crippen molar-refractivity contribution in [3.05, 3.63) is 59.7 Å². The van der Waals surface area contributed by atoms with Crippen molar-refractivity contribution >= 4 is 35.0 Å². The molecule has 0 unspecified atom stereocenters. The molecule has 0 aliphatic heterocycles. The summed E-state index contributed by atoms with van der Waals surface area (Å²) in [7, 11) is 3.22. The van der Waals surface area contributed by atoms with Crippen LogP contribution in [0.25, 0.3) is 0 Å². The van der Waals surface area contributed by atoms with E-state index in [1.807, 2.05) is 48.5 Å². The monoisotopic (exact) mass is 419 g/mol. The van der Waals surface area contributed by atoms with Gasteiger partial charge in [0.2, 0.25) is 5.91 Å². The molecule has 0 spiro atoms. The van der Waals surface area contributed by atoms with Gasteiger partial charge in [0.05, 0.1) is 20.0 Å². The fourth-order valence-corrected chi connectivity index (χ4v) is 3.34. The first-order chi connectivity index (χ1) is 13.6. The highest BCUT2D eigenvalue weighted by molar-refractivity contribution is 7.99. The molecule has 0 aliphatic rings. The second-order valence-corrected chi connectivity index (χ2v) is 7.24.